The van der Waals surface area contributed by atoms with Gasteiger partial charge in [-0.2, -0.15) is 0 Å². The number of nitrogens with zero attached hydrogens (tertiary/aromatic N) is 1. The standard InChI is InChI=1S/C18H19N3O4S2/c1-3-24-12(22)9-26-18-13(14(19)15(27-18)17(23)25-4-2)16-20-10-7-5-6-8-11(10)21-16/h5-8H,3-4,9,19H2,1-2H3,(H,20,21). The first-order valence-corrected chi connectivity index (χ1v) is 10.2. The number of aromatic amines is 1. The van der Waals surface area contributed by atoms with Crippen LogP contribution in [0.25, 0.3) is 22.4 Å². The number of aromatic nitrogens is 2. The van der Waals surface area contributed by atoms with Crippen LogP contribution in [0, 0.1) is 0 Å². The van der Waals surface area contributed by atoms with Crippen LogP contribution in [0.2, 0.25) is 0 Å². The summed E-state index contributed by atoms with van der Waals surface area (Å²) in [7, 11) is 0. The van der Waals surface area contributed by atoms with Gasteiger partial charge in [0, 0.05) is 0 Å². The number of nitrogens with one attached hydrogen (secondary N) is 1. The number of H-pyrrole nitrogens is 1. The smallest absolute Gasteiger partial charge is 0.350 e. The summed E-state index contributed by atoms with van der Waals surface area (Å²) in [5.74, 6) is -0.154. The van der Waals surface area contributed by atoms with E-state index < -0.39 is 5.97 Å². The fraction of sp³-hybridized carbons (Fsp3) is 0.278. The lowest BCUT2D eigenvalue weighted by atomic mass is 10.2. The summed E-state index contributed by atoms with van der Waals surface area (Å²) in [4.78, 5) is 32.1. The topological polar surface area (TPSA) is 107 Å². The maximum absolute atomic E-state index is 12.3. The summed E-state index contributed by atoms with van der Waals surface area (Å²) >= 11 is 2.46. The first kappa shape index (κ1) is 19.2. The predicted molar refractivity (Wildman–Crippen MR) is 107 cm³/mol. The lowest BCUT2D eigenvalue weighted by Crippen LogP contribution is -2.06. The first-order valence-electron chi connectivity index (χ1n) is 8.38. The molecule has 27 heavy (non-hydrogen) atoms. The molecule has 0 unspecified atom stereocenters. The van der Waals surface area contributed by atoms with Gasteiger partial charge >= 0.3 is 11.9 Å². The molecule has 3 aromatic rings. The molecular formula is C18H19N3O4S2. The van der Waals surface area contributed by atoms with Gasteiger partial charge in [0.05, 0.1) is 45.5 Å². The van der Waals surface area contributed by atoms with E-state index in [9.17, 15) is 9.59 Å². The molecule has 0 aliphatic carbocycles. The van der Waals surface area contributed by atoms with Crippen molar-refractivity contribution in [3.63, 3.8) is 0 Å². The zero-order valence-corrected chi connectivity index (χ0v) is 16.5. The summed E-state index contributed by atoms with van der Waals surface area (Å²) in [5.41, 5.74) is 8.82. The summed E-state index contributed by atoms with van der Waals surface area (Å²) in [6.45, 7) is 4.06. The number of hydrogen-bond acceptors (Lipinski definition) is 8. The molecule has 3 rings (SSSR count). The Hall–Kier alpha value is -2.52. The predicted octanol–water partition coefficient (Wildman–Crippen LogP) is 3.71. The highest BCUT2D eigenvalue weighted by molar-refractivity contribution is 8.01. The summed E-state index contributed by atoms with van der Waals surface area (Å²) < 4.78 is 10.8. The molecule has 0 saturated carbocycles. The molecule has 3 N–H and O–H groups in total. The number of imidazole rings is 1. The monoisotopic (exact) mass is 405 g/mol. The highest BCUT2D eigenvalue weighted by Gasteiger charge is 2.25. The van der Waals surface area contributed by atoms with E-state index in [1.54, 1.807) is 13.8 Å². The second-order valence-electron chi connectivity index (χ2n) is 5.42. The number of carbonyl (C=O) groups excluding carboxylic acids is 2. The highest BCUT2D eigenvalue weighted by Crippen LogP contribution is 2.44. The number of carbonyl (C=O) groups is 2. The fourth-order valence-electron chi connectivity index (χ4n) is 2.49. The van der Waals surface area contributed by atoms with Crippen LogP contribution in [0.1, 0.15) is 23.5 Å². The van der Waals surface area contributed by atoms with Gasteiger partial charge in [0.1, 0.15) is 10.7 Å². The highest BCUT2D eigenvalue weighted by atomic mass is 32.2. The molecule has 0 spiro atoms. The van der Waals surface area contributed by atoms with Crippen molar-refractivity contribution in [2.75, 3.05) is 24.7 Å². The van der Waals surface area contributed by atoms with E-state index in [-0.39, 0.29) is 18.3 Å². The summed E-state index contributed by atoms with van der Waals surface area (Å²) in [6.07, 6.45) is 0. The lowest BCUT2D eigenvalue weighted by Gasteiger charge is -2.03. The van der Waals surface area contributed by atoms with Gasteiger partial charge < -0.3 is 20.2 Å². The Bertz CT molecular complexity index is 947. The Morgan fingerprint density at radius 1 is 1.22 bits per heavy atom. The minimum atomic E-state index is -0.486. The number of rotatable bonds is 7. The molecule has 7 nitrogen and oxygen atoms in total. The van der Waals surface area contributed by atoms with E-state index in [0.717, 1.165) is 11.0 Å². The van der Waals surface area contributed by atoms with Crippen molar-refractivity contribution < 1.29 is 19.1 Å². The average Bonchev–Trinajstić information content (AvgIpc) is 3.20. The molecule has 0 saturated heterocycles. The Labute approximate surface area is 164 Å². The number of ether oxygens (including phenoxy) is 2. The van der Waals surface area contributed by atoms with Crippen molar-refractivity contribution >= 4 is 51.8 Å². The normalized spacial score (nSPS) is 10.9. The number of anilines is 1. The van der Waals surface area contributed by atoms with Gasteiger partial charge in [0.25, 0.3) is 0 Å². The van der Waals surface area contributed by atoms with Crippen LogP contribution in [0.3, 0.4) is 0 Å². The van der Waals surface area contributed by atoms with Crippen LogP contribution >= 0.6 is 23.1 Å². The van der Waals surface area contributed by atoms with Crippen LogP contribution in [-0.2, 0) is 14.3 Å². The quantitative estimate of drug-likeness (QED) is 0.456. The van der Waals surface area contributed by atoms with Gasteiger partial charge in [0.15, 0.2) is 0 Å². The van der Waals surface area contributed by atoms with E-state index in [2.05, 4.69) is 9.97 Å². The van der Waals surface area contributed by atoms with E-state index in [0.29, 0.717) is 32.8 Å². The number of hydrogen-bond donors (Lipinski definition) is 2. The fourth-order valence-corrected chi connectivity index (χ4v) is 4.69. The molecular weight excluding hydrogens is 386 g/mol. The van der Waals surface area contributed by atoms with Crippen molar-refractivity contribution in [3.05, 3.63) is 29.1 Å². The Balaban J connectivity index is 2.03. The number of para-hydroxylation sites is 2. The number of nitrogen functional groups attached to an aromatic ring is 1. The average molecular weight is 406 g/mol. The zero-order valence-electron chi connectivity index (χ0n) is 14.9. The third kappa shape index (κ3) is 4.09. The Morgan fingerprint density at radius 2 is 1.96 bits per heavy atom. The number of benzene rings is 1. The Kier molecular flexibility index (Phi) is 6.02. The van der Waals surface area contributed by atoms with Gasteiger partial charge in [0.2, 0.25) is 0 Å². The SMILES string of the molecule is CCOC(=O)CSc1sc(C(=O)OCC)c(N)c1-c1nc2ccccc2[nH]1. The van der Waals surface area contributed by atoms with Crippen molar-refractivity contribution in [3.8, 4) is 11.4 Å². The molecule has 0 fully saturated rings. The summed E-state index contributed by atoms with van der Waals surface area (Å²) in [5, 5.41) is 0. The maximum atomic E-state index is 12.3. The third-order valence-electron chi connectivity index (χ3n) is 3.63. The molecule has 0 aliphatic heterocycles. The molecule has 0 atom stereocenters. The zero-order chi connectivity index (χ0) is 19.4. The van der Waals surface area contributed by atoms with E-state index in [4.69, 9.17) is 15.2 Å². The minimum absolute atomic E-state index is 0.114. The van der Waals surface area contributed by atoms with Crippen LogP contribution in [-0.4, -0.2) is 40.9 Å². The van der Waals surface area contributed by atoms with E-state index in [1.807, 2.05) is 24.3 Å². The van der Waals surface area contributed by atoms with Crippen molar-refractivity contribution in [1.29, 1.82) is 0 Å². The minimum Gasteiger partial charge on any atom is -0.465 e. The third-order valence-corrected chi connectivity index (χ3v) is 6.06. The molecule has 0 bridgehead atoms. The molecule has 2 aromatic heterocycles. The summed E-state index contributed by atoms with van der Waals surface area (Å²) in [6, 6.07) is 7.59. The number of thioether (sulfide) groups is 1. The molecule has 0 amide bonds. The molecule has 0 aliphatic rings. The van der Waals surface area contributed by atoms with E-state index in [1.165, 1.54) is 23.1 Å². The maximum Gasteiger partial charge on any atom is 0.350 e. The van der Waals surface area contributed by atoms with Gasteiger partial charge in [-0.1, -0.05) is 12.1 Å². The number of fused-ring (bicyclic) bond motifs is 1. The van der Waals surface area contributed by atoms with Crippen LogP contribution in [0.5, 0.6) is 0 Å². The molecule has 2 heterocycles. The molecule has 142 valence electrons. The molecule has 9 heteroatoms. The van der Waals surface area contributed by atoms with Crippen LogP contribution < -0.4 is 5.73 Å². The largest absolute Gasteiger partial charge is 0.465 e. The van der Waals surface area contributed by atoms with Gasteiger partial charge in [-0.05, 0) is 26.0 Å². The number of thiophene rings is 1. The van der Waals surface area contributed by atoms with Crippen molar-refractivity contribution in [2.45, 2.75) is 18.1 Å². The number of nitrogens with two attached hydrogens (primary N) is 1. The van der Waals surface area contributed by atoms with E-state index >= 15 is 0 Å². The van der Waals surface area contributed by atoms with Gasteiger partial charge in [-0.15, -0.1) is 23.1 Å². The lowest BCUT2D eigenvalue weighted by molar-refractivity contribution is -0.139. The van der Waals surface area contributed by atoms with Crippen LogP contribution in [0.4, 0.5) is 5.69 Å². The second-order valence-corrected chi connectivity index (χ2v) is 7.69. The number of esters is 2. The Morgan fingerprint density at radius 3 is 2.67 bits per heavy atom. The molecule has 0 radical (unpaired) electrons. The van der Waals surface area contributed by atoms with Crippen molar-refractivity contribution in [2.24, 2.45) is 0 Å². The van der Waals surface area contributed by atoms with Gasteiger partial charge in [-0.25, -0.2) is 9.78 Å². The molecule has 1 aromatic carbocycles. The van der Waals surface area contributed by atoms with Crippen molar-refractivity contribution in [1.82, 2.24) is 9.97 Å². The van der Waals surface area contributed by atoms with Crippen LogP contribution in [0.15, 0.2) is 28.5 Å². The second kappa shape index (κ2) is 8.45. The van der Waals surface area contributed by atoms with Gasteiger partial charge in [-0.3, -0.25) is 4.79 Å². The first-order chi connectivity index (χ1) is 13.0.